The minimum Gasteiger partial charge on any atom is -0.338 e. The number of amides is 2. The number of hydrogen-bond acceptors (Lipinski definition) is 1. The first-order valence-corrected chi connectivity index (χ1v) is 5.98. The minimum atomic E-state index is 0.105. The molecular formula is C13H16N2O. The van der Waals surface area contributed by atoms with Gasteiger partial charge < -0.3 is 10.2 Å². The van der Waals surface area contributed by atoms with E-state index in [0.29, 0.717) is 6.04 Å². The highest BCUT2D eigenvalue weighted by Crippen LogP contribution is 2.35. The van der Waals surface area contributed by atoms with Crippen molar-refractivity contribution in [3.05, 3.63) is 35.4 Å². The molecule has 16 heavy (non-hydrogen) atoms. The van der Waals surface area contributed by atoms with Crippen molar-refractivity contribution in [2.75, 3.05) is 13.1 Å². The maximum atomic E-state index is 11.8. The summed E-state index contributed by atoms with van der Waals surface area (Å²) in [5.41, 5.74) is 2.76. The number of benzene rings is 1. The van der Waals surface area contributed by atoms with Crippen molar-refractivity contribution in [1.29, 1.82) is 0 Å². The molecule has 1 atom stereocenters. The standard InChI is InChI=1S/C13H16N2O/c16-13-14-8-3-9-15(13)12-7-6-10-4-1-2-5-11(10)12/h1-2,4-5,12H,3,6-9H2,(H,14,16). The number of hydrogen-bond donors (Lipinski definition) is 1. The second-order valence-electron chi connectivity index (χ2n) is 4.53. The summed E-state index contributed by atoms with van der Waals surface area (Å²) in [5.74, 6) is 0. The number of aryl methyl sites for hydroxylation is 1. The lowest BCUT2D eigenvalue weighted by Gasteiger charge is -2.33. The third-order valence-corrected chi connectivity index (χ3v) is 3.59. The molecule has 3 rings (SSSR count). The Kier molecular flexibility index (Phi) is 2.31. The highest BCUT2D eigenvalue weighted by atomic mass is 16.2. The first-order chi connectivity index (χ1) is 7.86. The molecule has 1 aromatic carbocycles. The van der Waals surface area contributed by atoms with Crippen molar-refractivity contribution in [3.63, 3.8) is 0 Å². The van der Waals surface area contributed by atoms with Crippen LogP contribution in [0.2, 0.25) is 0 Å². The lowest BCUT2D eigenvalue weighted by Crippen LogP contribution is -2.47. The van der Waals surface area contributed by atoms with Crippen LogP contribution in [0.15, 0.2) is 24.3 Å². The van der Waals surface area contributed by atoms with E-state index in [4.69, 9.17) is 0 Å². The molecule has 1 N–H and O–H groups in total. The summed E-state index contributed by atoms with van der Waals surface area (Å²) in [6, 6.07) is 8.90. The van der Waals surface area contributed by atoms with E-state index in [9.17, 15) is 4.79 Å². The third kappa shape index (κ3) is 1.47. The average molecular weight is 216 g/mol. The fraction of sp³-hybridized carbons (Fsp3) is 0.462. The fourth-order valence-corrected chi connectivity index (χ4v) is 2.80. The average Bonchev–Trinajstić information content (AvgIpc) is 2.74. The molecule has 2 aliphatic rings. The number of fused-ring (bicyclic) bond motifs is 1. The summed E-state index contributed by atoms with van der Waals surface area (Å²) in [6.07, 6.45) is 3.24. The van der Waals surface area contributed by atoms with E-state index in [0.717, 1.165) is 32.4 Å². The van der Waals surface area contributed by atoms with E-state index < -0.39 is 0 Å². The van der Waals surface area contributed by atoms with Gasteiger partial charge in [0.25, 0.3) is 0 Å². The van der Waals surface area contributed by atoms with Crippen molar-refractivity contribution in [2.24, 2.45) is 0 Å². The number of carbonyl (C=O) groups is 1. The van der Waals surface area contributed by atoms with Crippen LogP contribution in [0.25, 0.3) is 0 Å². The van der Waals surface area contributed by atoms with Gasteiger partial charge in [-0.25, -0.2) is 4.79 Å². The Morgan fingerprint density at radius 1 is 1.31 bits per heavy atom. The van der Waals surface area contributed by atoms with Gasteiger partial charge in [-0.1, -0.05) is 24.3 Å². The van der Waals surface area contributed by atoms with Crippen molar-refractivity contribution in [1.82, 2.24) is 10.2 Å². The quantitative estimate of drug-likeness (QED) is 0.766. The maximum Gasteiger partial charge on any atom is 0.317 e. The van der Waals surface area contributed by atoms with Crippen LogP contribution in [0.5, 0.6) is 0 Å². The van der Waals surface area contributed by atoms with E-state index in [-0.39, 0.29) is 6.03 Å². The van der Waals surface area contributed by atoms with Crippen LogP contribution in [0, 0.1) is 0 Å². The highest BCUT2D eigenvalue weighted by molar-refractivity contribution is 5.75. The van der Waals surface area contributed by atoms with Crippen LogP contribution >= 0.6 is 0 Å². The Bertz CT molecular complexity index is 416. The van der Waals surface area contributed by atoms with Crippen molar-refractivity contribution in [3.8, 4) is 0 Å². The molecule has 2 amide bonds. The highest BCUT2D eigenvalue weighted by Gasteiger charge is 2.31. The van der Waals surface area contributed by atoms with Crippen LogP contribution in [0.4, 0.5) is 4.79 Å². The SMILES string of the molecule is O=C1NCCCN1C1CCc2ccccc21. The summed E-state index contributed by atoms with van der Waals surface area (Å²) in [7, 11) is 0. The fourth-order valence-electron chi connectivity index (χ4n) is 2.80. The number of nitrogens with zero attached hydrogens (tertiary/aromatic N) is 1. The van der Waals surface area contributed by atoms with Crippen LogP contribution in [0.3, 0.4) is 0 Å². The Balaban J connectivity index is 1.89. The zero-order valence-corrected chi connectivity index (χ0v) is 9.28. The van der Waals surface area contributed by atoms with E-state index in [2.05, 4.69) is 29.6 Å². The van der Waals surface area contributed by atoms with Crippen LogP contribution in [-0.4, -0.2) is 24.0 Å². The molecular weight excluding hydrogens is 200 g/mol. The molecule has 1 aliphatic carbocycles. The summed E-state index contributed by atoms with van der Waals surface area (Å²) in [4.78, 5) is 13.8. The monoisotopic (exact) mass is 216 g/mol. The minimum absolute atomic E-state index is 0.105. The lowest BCUT2D eigenvalue weighted by molar-refractivity contribution is 0.161. The predicted molar refractivity (Wildman–Crippen MR) is 62.2 cm³/mol. The van der Waals surface area contributed by atoms with Crippen LogP contribution < -0.4 is 5.32 Å². The van der Waals surface area contributed by atoms with E-state index in [1.165, 1.54) is 11.1 Å². The van der Waals surface area contributed by atoms with Gasteiger partial charge in [0.2, 0.25) is 0 Å². The number of carbonyl (C=O) groups excluding carboxylic acids is 1. The number of rotatable bonds is 1. The van der Waals surface area contributed by atoms with E-state index >= 15 is 0 Å². The molecule has 1 fully saturated rings. The molecule has 1 saturated heterocycles. The second kappa shape index (κ2) is 3.81. The summed E-state index contributed by atoms with van der Waals surface area (Å²) in [6.45, 7) is 1.72. The predicted octanol–water partition coefficient (Wildman–Crippen LogP) is 2.09. The number of urea groups is 1. The molecule has 0 aromatic heterocycles. The Morgan fingerprint density at radius 2 is 2.19 bits per heavy atom. The van der Waals surface area contributed by atoms with Crippen LogP contribution in [0.1, 0.15) is 30.0 Å². The lowest BCUT2D eigenvalue weighted by atomic mass is 10.1. The third-order valence-electron chi connectivity index (χ3n) is 3.59. The molecule has 1 aliphatic heterocycles. The van der Waals surface area contributed by atoms with Crippen molar-refractivity contribution >= 4 is 6.03 Å². The van der Waals surface area contributed by atoms with E-state index in [1.54, 1.807) is 0 Å². The van der Waals surface area contributed by atoms with Gasteiger partial charge in [0.05, 0.1) is 6.04 Å². The zero-order valence-electron chi connectivity index (χ0n) is 9.28. The molecule has 0 saturated carbocycles. The normalized spacial score (nSPS) is 24.1. The van der Waals surface area contributed by atoms with Gasteiger partial charge in [0.1, 0.15) is 0 Å². The summed E-state index contributed by atoms with van der Waals surface area (Å²) >= 11 is 0. The second-order valence-corrected chi connectivity index (χ2v) is 4.53. The molecule has 0 bridgehead atoms. The van der Waals surface area contributed by atoms with Gasteiger partial charge in [0, 0.05) is 13.1 Å². The smallest absolute Gasteiger partial charge is 0.317 e. The van der Waals surface area contributed by atoms with Gasteiger partial charge in [-0.05, 0) is 30.4 Å². The zero-order chi connectivity index (χ0) is 11.0. The van der Waals surface area contributed by atoms with Gasteiger partial charge in [0.15, 0.2) is 0 Å². The first-order valence-electron chi connectivity index (χ1n) is 5.98. The van der Waals surface area contributed by atoms with Crippen LogP contribution in [-0.2, 0) is 6.42 Å². The Labute approximate surface area is 95.4 Å². The van der Waals surface area contributed by atoms with Gasteiger partial charge in [-0.2, -0.15) is 0 Å². The largest absolute Gasteiger partial charge is 0.338 e. The molecule has 3 nitrogen and oxygen atoms in total. The van der Waals surface area contributed by atoms with Gasteiger partial charge in [-0.3, -0.25) is 0 Å². The number of nitrogens with one attached hydrogen (secondary N) is 1. The first kappa shape index (κ1) is 9.70. The molecule has 0 spiro atoms. The molecule has 1 heterocycles. The van der Waals surface area contributed by atoms with E-state index in [1.807, 2.05) is 4.90 Å². The Hall–Kier alpha value is -1.51. The van der Waals surface area contributed by atoms with Crippen molar-refractivity contribution < 1.29 is 4.79 Å². The molecule has 1 unspecified atom stereocenters. The molecule has 84 valence electrons. The van der Waals surface area contributed by atoms with Crippen molar-refractivity contribution in [2.45, 2.75) is 25.3 Å². The summed E-state index contributed by atoms with van der Waals surface area (Å²) < 4.78 is 0. The topological polar surface area (TPSA) is 32.3 Å². The molecule has 0 radical (unpaired) electrons. The van der Waals surface area contributed by atoms with Gasteiger partial charge in [-0.15, -0.1) is 0 Å². The summed E-state index contributed by atoms with van der Waals surface area (Å²) in [5, 5.41) is 2.93. The molecule has 1 aromatic rings. The van der Waals surface area contributed by atoms with Gasteiger partial charge >= 0.3 is 6.03 Å². The Morgan fingerprint density at radius 3 is 3.06 bits per heavy atom. The maximum absolute atomic E-state index is 11.8. The molecule has 3 heteroatoms.